The molecule has 0 aliphatic heterocycles. The second-order valence-electron chi connectivity index (χ2n) is 8.97. The Kier molecular flexibility index (Phi) is 6.90. The van der Waals surface area contributed by atoms with Crippen LogP contribution in [0.4, 0.5) is 17.6 Å². The van der Waals surface area contributed by atoms with E-state index in [9.17, 15) is 17.7 Å². The summed E-state index contributed by atoms with van der Waals surface area (Å²) in [5.41, 5.74) is -0.439. The Hall–Kier alpha value is -2.14. The quantitative estimate of drug-likeness (QED) is 0.401. The molecule has 0 saturated heterocycles. The Bertz CT molecular complexity index is 1110. The number of fused-ring (bicyclic) bond motifs is 1. The van der Waals surface area contributed by atoms with Crippen LogP contribution in [-0.2, 0) is 30.8 Å². The molecule has 0 amide bonds. The van der Waals surface area contributed by atoms with E-state index in [1.807, 2.05) is 31.5 Å². The zero-order chi connectivity index (χ0) is 23.8. The average molecular weight is 471 g/mol. The molecule has 10 heteroatoms. The fourth-order valence-corrected chi connectivity index (χ4v) is 4.03. The summed E-state index contributed by atoms with van der Waals surface area (Å²) in [6.07, 6.45) is -1.84. The summed E-state index contributed by atoms with van der Waals surface area (Å²) in [7, 11) is 3.31. The van der Waals surface area contributed by atoms with Gasteiger partial charge in [0.15, 0.2) is 5.69 Å². The molecule has 0 bridgehead atoms. The van der Waals surface area contributed by atoms with E-state index in [0.717, 1.165) is 6.20 Å². The molecule has 5 nitrogen and oxygen atoms in total. The molecule has 2 aromatic heterocycles. The summed E-state index contributed by atoms with van der Waals surface area (Å²) < 4.78 is 73.9. The van der Waals surface area contributed by atoms with Gasteiger partial charge in [-0.1, -0.05) is 26.8 Å². The van der Waals surface area contributed by atoms with Gasteiger partial charge in [-0.05, 0) is 29.2 Å². The fraction of sp³-hybridized carbons (Fsp3) is 0.409. The van der Waals surface area contributed by atoms with Gasteiger partial charge in [0.05, 0.1) is 6.54 Å². The Labute approximate surface area is 187 Å². The Balaban J connectivity index is 2.17. The first-order chi connectivity index (χ1) is 14.8. The molecular weight excluding hydrogens is 444 g/mol. The van der Waals surface area contributed by atoms with Crippen molar-refractivity contribution in [2.24, 2.45) is 5.41 Å². The molecule has 3 rings (SSSR count). The van der Waals surface area contributed by atoms with Crippen molar-refractivity contribution < 1.29 is 22.1 Å². The zero-order valence-electron chi connectivity index (χ0n) is 18.5. The van der Waals surface area contributed by atoms with Crippen molar-refractivity contribution in [3.63, 3.8) is 0 Å². The minimum Gasteiger partial charge on any atom is -0.579 e. The smallest absolute Gasteiger partial charge is 0.433 e. The molecule has 32 heavy (non-hydrogen) atoms. The van der Waals surface area contributed by atoms with Gasteiger partial charge in [0, 0.05) is 55.1 Å². The Morgan fingerprint density at radius 3 is 2.44 bits per heavy atom. The van der Waals surface area contributed by atoms with E-state index in [0.29, 0.717) is 23.0 Å². The predicted molar refractivity (Wildman–Crippen MR) is 118 cm³/mol. The van der Waals surface area contributed by atoms with Crippen molar-refractivity contribution in [1.82, 2.24) is 18.6 Å². The van der Waals surface area contributed by atoms with E-state index in [1.165, 1.54) is 28.6 Å². The van der Waals surface area contributed by atoms with Gasteiger partial charge in [0.2, 0.25) is 0 Å². The number of nitrogens with zero attached hydrogens (tertiary/aromatic N) is 3. The first-order valence-electron chi connectivity index (χ1n) is 9.94. The normalized spacial score (nSPS) is 13.8. The number of alkyl halides is 3. The number of hydrogen-bond donors (Lipinski definition) is 1. The lowest BCUT2D eigenvalue weighted by Crippen LogP contribution is -2.35. The number of pyridine rings is 1. The molecular formula is C22H26F4N4OS. The molecule has 2 heterocycles. The van der Waals surface area contributed by atoms with Gasteiger partial charge < -0.3 is 9.12 Å². The standard InChI is InChI=1S/C22H26F4N4OS/c1-21(2,3)13-30-12-14(11-28-32(31)29(4)5)16-9-18(23)17(10-19(16)30)15-7-6-8-27-20(15)22(24,25)26/h6-10,12,28H,11,13H2,1-5H3. The Morgan fingerprint density at radius 1 is 1.16 bits per heavy atom. The maximum Gasteiger partial charge on any atom is 0.433 e. The van der Waals surface area contributed by atoms with Crippen molar-refractivity contribution in [1.29, 1.82) is 0 Å². The van der Waals surface area contributed by atoms with Crippen LogP contribution in [0.15, 0.2) is 36.7 Å². The summed E-state index contributed by atoms with van der Waals surface area (Å²) in [5.74, 6) is -0.778. The van der Waals surface area contributed by atoms with Gasteiger partial charge in [0.1, 0.15) is 17.4 Å². The largest absolute Gasteiger partial charge is 0.579 e. The van der Waals surface area contributed by atoms with Crippen LogP contribution < -0.4 is 4.72 Å². The van der Waals surface area contributed by atoms with E-state index in [-0.39, 0.29) is 23.1 Å². The highest BCUT2D eigenvalue weighted by Crippen LogP contribution is 2.38. The molecule has 0 fully saturated rings. The molecule has 174 valence electrons. The number of rotatable bonds is 6. The molecule has 1 N–H and O–H groups in total. The highest BCUT2D eigenvalue weighted by Gasteiger charge is 2.36. The summed E-state index contributed by atoms with van der Waals surface area (Å²) in [6, 6.07) is 5.26. The third-order valence-corrected chi connectivity index (χ3v) is 5.84. The summed E-state index contributed by atoms with van der Waals surface area (Å²) in [6.45, 7) is 6.86. The van der Waals surface area contributed by atoms with Gasteiger partial charge in [-0.2, -0.15) is 13.2 Å². The van der Waals surface area contributed by atoms with Crippen molar-refractivity contribution >= 4 is 22.5 Å². The number of aromatic nitrogens is 2. The lowest BCUT2D eigenvalue weighted by atomic mass is 9.96. The topological polar surface area (TPSA) is 56.1 Å². The van der Waals surface area contributed by atoms with E-state index < -0.39 is 29.2 Å². The lowest BCUT2D eigenvalue weighted by Gasteiger charge is -2.20. The molecule has 0 spiro atoms. The summed E-state index contributed by atoms with van der Waals surface area (Å²) in [4.78, 5) is 3.45. The fourth-order valence-electron chi connectivity index (χ4n) is 3.49. The number of halogens is 4. The maximum absolute atomic E-state index is 15.1. The molecule has 3 aromatic rings. The van der Waals surface area contributed by atoms with E-state index in [2.05, 4.69) is 9.71 Å². The molecule has 0 saturated carbocycles. The highest BCUT2D eigenvalue weighted by atomic mass is 32.2. The third-order valence-electron chi connectivity index (χ3n) is 4.78. The van der Waals surface area contributed by atoms with Gasteiger partial charge in [-0.25, -0.2) is 4.39 Å². The van der Waals surface area contributed by atoms with Gasteiger partial charge in [0.25, 0.3) is 0 Å². The van der Waals surface area contributed by atoms with Crippen LogP contribution >= 0.6 is 0 Å². The summed E-state index contributed by atoms with van der Waals surface area (Å²) >= 11 is -1.43. The molecule has 0 radical (unpaired) electrons. The van der Waals surface area contributed by atoms with Crippen LogP contribution in [0, 0.1) is 11.2 Å². The van der Waals surface area contributed by atoms with Gasteiger partial charge >= 0.3 is 6.18 Å². The van der Waals surface area contributed by atoms with Crippen LogP contribution in [0.2, 0.25) is 0 Å². The van der Waals surface area contributed by atoms with Crippen molar-refractivity contribution in [3.8, 4) is 11.1 Å². The van der Waals surface area contributed by atoms with Crippen molar-refractivity contribution in [2.45, 2.75) is 40.0 Å². The second-order valence-corrected chi connectivity index (χ2v) is 10.5. The Morgan fingerprint density at radius 2 is 1.84 bits per heavy atom. The van der Waals surface area contributed by atoms with Crippen LogP contribution in [-0.4, -0.2) is 32.5 Å². The van der Waals surface area contributed by atoms with Crippen LogP contribution in [0.1, 0.15) is 32.0 Å². The van der Waals surface area contributed by atoms with E-state index in [4.69, 9.17) is 0 Å². The number of benzene rings is 1. The first kappa shape index (κ1) is 24.5. The monoisotopic (exact) mass is 470 g/mol. The van der Waals surface area contributed by atoms with E-state index in [1.54, 1.807) is 14.1 Å². The van der Waals surface area contributed by atoms with E-state index >= 15 is 4.39 Å². The molecule has 0 aliphatic carbocycles. The molecule has 1 atom stereocenters. The maximum atomic E-state index is 15.1. The second kappa shape index (κ2) is 9.01. The van der Waals surface area contributed by atoms with Gasteiger partial charge in [-0.3, -0.25) is 4.98 Å². The highest BCUT2D eigenvalue weighted by molar-refractivity contribution is 7.87. The van der Waals surface area contributed by atoms with Crippen molar-refractivity contribution in [2.75, 3.05) is 14.1 Å². The first-order valence-corrected chi connectivity index (χ1v) is 11.0. The SMILES string of the molecule is CN(C)[S+]([O-])NCc1cn(CC(C)(C)C)c2cc(-c3cccnc3C(F)(F)F)c(F)cc12. The van der Waals surface area contributed by atoms with Crippen molar-refractivity contribution in [3.05, 3.63) is 53.7 Å². The van der Waals surface area contributed by atoms with Crippen LogP contribution in [0.25, 0.3) is 22.0 Å². The molecule has 1 aromatic carbocycles. The minimum atomic E-state index is -4.71. The summed E-state index contributed by atoms with van der Waals surface area (Å²) in [5, 5.41) is 0.552. The van der Waals surface area contributed by atoms with Gasteiger partial charge in [-0.15, -0.1) is 9.03 Å². The zero-order valence-corrected chi connectivity index (χ0v) is 19.4. The lowest BCUT2D eigenvalue weighted by molar-refractivity contribution is -0.140. The molecule has 0 aliphatic rings. The van der Waals surface area contributed by atoms with Crippen LogP contribution in [0.3, 0.4) is 0 Å². The molecule has 1 unspecified atom stereocenters. The minimum absolute atomic E-state index is 0.136. The third kappa shape index (κ3) is 5.43. The number of nitrogens with one attached hydrogen (secondary N) is 1. The average Bonchev–Trinajstić information content (AvgIpc) is 2.99. The number of hydrogen-bond acceptors (Lipinski definition) is 4. The predicted octanol–water partition coefficient (Wildman–Crippen LogP) is 5.14. The van der Waals surface area contributed by atoms with Crippen LogP contribution in [0.5, 0.6) is 0 Å².